The molecule has 1 aromatic heterocycles. The zero-order valence-electron chi connectivity index (χ0n) is 36.0. The summed E-state index contributed by atoms with van der Waals surface area (Å²) in [4.78, 5) is 0. The molecule has 0 aliphatic carbocycles. The van der Waals surface area contributed by atoms with Crippen molar-refractivity contribution in [3.63, 3.8) is 0 Å². The molecule has 0 unspecified atom stereocenters. The van der Waals surface area contributed by atoms with Crippen LogP contribution in [0.1, 0.15) is 24.7 Å². The Morgan fingerprint density at radius 1 is 0.472 bits per heavy atom. The van der Waals surface area contributed by atoms with Crippen LogP contribution in [-0.2, 0) is 0 Å². The van der Waals surface area contributed by atoms with Crippen molar-refractivity contribution in [3.8, 4) is 33.4 Å². The first-order valence-electron chi connectivity index (χ1n) is 19.6. The molecular weight excluding hydrogens is 551 g/mol. The fraction of sp³-hybridized carbons (Fsp3) is 0. The van der Waals surface area contributed by atoms with Gasteiger partial charge in [0.25, 0.3) is 0 Å². The van der Waals surface area contributed by atoms with E-state index < -0.39 is 120 Å². The number of hydrogen-bond acceptors (Lipinski definition) is 1. The van der Waals surface area contributed by atoms with Gasteiger partial charge in [-0.3, -0.25) is 0 Å². The standard InChI is InChI=1S/C34H21IO/c35-34-33(29-21-24(19-20-30(29)36-34)22-11-3-1-4-12-22)32-27-17-9-7-15-25(27)31(23-13-5-2-6-14-23)26-16-8-10-18-28(26)32/h1-21H/i1D,2D,3D,4D,5D,6D,7D,8D,9D,10D,11D,12D,13D,14D,15D,16D,17D,18D. The molecule has 0 fully saturated rings. The van der Waals surface area contributed by atoms with Crippen molar-refractivity contribution in [2.45, 2.75) is 0 Å². The minimum Gasteiger partial charge on any atom is -0.450 e. The molecule has 0 spiro atoms. The average molecular weight is 591 g/mol. The fourth-order valence-corrected chi connectivity index (χ4v) is 5.15. The molecule has 36 heavy (non-hydrogen) atoms. The minimum absolute atomic E-state index is 0.0671. The summed E-state index contributed by atoms with van der Waals surface area (Å²) in [6.45, 7) is 0. The molecule has 6 aromatic carbocycles. The van der Waals surface area contributed by atoms with E-state index in [1.54, 1.807) is 0 Å². The van der Waals surface area contributed by atoms with E-state index >= 15 is 0 Å². The minimum atomic E-state index is -0.784. The van der Waals surface area contributed by atoms with Gasteiger partial charge in [0.1, 0.15) is 5.58 Å². The predicted molar refractivity (Wildman–Crippen MR) is 160 cm³/mol. The second kappa shape index (κ2) is 8.65. The van der Waals surface area contributed by atoms with E-state index in [4.69, 9.17) is 26.3 Å². The summed E-state index contributed by atoms with van der Waals surface area (Å²) in [5.74, 6) is 0. The topological polar surface area (TPSA) is 13.1 Å². The van der Waals surface area contributed by atoms with Gasteiger partial charge >= 0.3 is 0 Å². The lowest BCUT2D eigenvalue weighted by molar-refractivity contribution is 0.585. The van der Waals surface area contributed by atoms with Gasteiger partial charge in [-0.15, -0.1) is 0 Å². The Kier molecular flexibility index (Phi) is 2.37. The van der Waals surface area contributed by atoms with Crippen LogP contribution in [0.4, 0.5) is 0 Å². The van der Waals surface area contributed by atoms with Crippen LogP contribution in [0.2, 0.25) is 0 Å². The van der Waals surface area contributed by atoms with Gasteiger partial charge in [0.05, 0.1) is 24.7 Å². The zero-order chi connectivity index (χ0) is 39.7. The maximum absolute atomic E-state index is 9.21. The molecule has 7 aromatic rings. The molecule has 0 bridgehead atoms. The van der Waals surface area contributed by atoms with Crippen LogP contribution in [0.3, 0.4) is 0 Å². The molecule has 0 atom stereocenters. The van der Waals surface area contributed by atoms with Crippen LogP contribution in [0.15, 0.2) is 131 Å². The van der Waals surface area contributed by atoms with E-state index in [-0.39, 0.29) is 58.5 Å². The van der Waals surface area contributed by atoms with Crippen LogP contribution in [-0.4, -0.2) is 0 Å². The SMILES string of the molecule is [2H]c1c([2H])c([2H])c(-c2ccc3oc(I)c(-c4c5c([2H])c([2H])c([2H])c([2H])c5c(-c5c([2H])c([2H])c([2H])c([2H])c5[2H])c5c([2H])c([2H])c([2H])c([2H])c45)c3c2)c([2H])c1[2H]. The quantitative estimate of drug-likeness (QED) is 0.147. The molecule has 1 nitrogen and oxygen atoms in total. The largest absolute Gasteiger partial charge is 0.450 e. The summed E-state index contributed by atoms with van der Waals surface area (Å²) < 4.78 is 162. The molecule has 0 saturated carbocycles. The molecule has 1 heterocycles. The van der Waals surface area contributed by atoms with Crippen LogP contribution in [0.5, 0.6) is 0 Å². The third kappa shape index (κ3) is 3.36. The zero-order valence-corrected chi connectivity index (χ0v) is 20.2. The van der Waals surface area contributed by atoms with Gasteiger partial charge in [-0.1, -0.05) is 115 Å². The third-order valence-corrected chi connectivity index (χ3v) is 6.57. The Labute approximate surface area is 248 Å². The molecular formula is C34H21IO. The molecule has 0 aliphatic rings. The van der Waals surface area contributed by atoms with Gasteiger partial charge in [0.2, 0.25) is 0 Å². The Morgan fingerprint density at radius 3 is 1.56 bits per heavy atom. The Morgan fingerprint density at radius 2 is 0.972 bits per heavy atom. The molecule has 170 valence electrons. The lowest BCUT2D eigenvalue weighted by Gasteiger charge is -2.17. The van der Waals surface area contributed by atoms with Crippen molar-refractivity contribution >= 4 is 55.1 Å². The van der Waals surface area contributed by atoms with Crippen molar-refractivity contribution < 1.29 is 29.1 Å². The van der Waals surface area contributed by atoms with Gasteiger partial charge in [0, 0.05) is 39.1 Å². The highest BCUT2D eigenvalue weighted by Crippen LogP contribution is 2.47. The summed E-state index contributed by atoms with van der Waals surface area (Å²) >= 11 is 1.81. The predicted octanol–water partition coefficient (Wildman–Crippen LogP) is 10.3. The van der Waals surface area contributed by atoms with Crippen molar-refractivity contribution in [1.29, 1.82) is 0 Å². The maximum atomic E-state index is 9.21. The first-order chi connectivity index (χ1) is 25.3. The second-order valence-corrected chi connectivity index (χ2v) is 8.69. The van der Waals surface area contributed by atoms with E-state index in [0.717, 1.165) is 0 Å². The van der Waals surface area contributed by atoms with Gasteiger partial charge in [-0.2, -0.15) is 0 Å². The maximum Gasteiger partial charge on any atom is 0.172 e. The number of halogens is 1. The highest BCUT2D eigenvalue weighted by Gasteiger charge is 2.22. The smallest absolute Gasteiger partial charge is 0.172 e. The van der Waals surface area contributed by atoms with E-state index in [9.17, 15) is 2.74 Å². The molecule has 0 amide bonds. The number of benzene rings is 6. The summed E-state index contributed by atoms with van der Waals surface area (Å²) in [7, 11) is 0. The van der Waals surface area contributed by atoms with E-state index in [1.807, 2.05) is 22.6 Å². The normalized spacial score (nSPS) is 18.5. The number of fused-ring (bicyclic) bond motifs is 3. The summed E-state index contributed by atoms with van der Waals surface area (Å²) in [6, 6.07) is -8.02. The van der Waals surface area contributed by atoms with Crippen LogP contribution >= 0.6 is 22.6 Å². The molecule has 0 saturated heterocycles. The van der Waals surface area contributed by atoms with Gasteiger partial charge in [-0.05, 0) is 55.9 Å². The van der Waals surface area contributed by atoms with Crippen LogP contribution in [0.25, 0.3) is 65.9 Å². The van der Waals surface area contributed by atoms with E-state index in [2.05, 4.69) is 0 Å². The van der Waals surface area contributed by atoms with Crippen molar-refractivity contribution in [1.82, 2.24) is 0 Å². The number of furan rings is 1. The second-order valence-electron chi connectivity index (χ2n) is 7.71. The van der Waals surface area contributed by atoms with Crippen LogP contribution < -0.4 is 0 Å². The first-order valence-corrected chi connectivity index (χ1v) is 11.7. The number of rotatable bonds is 3. The molecule has 0 N–H and O–H groups in total. The van der Waals surface area contributed by atoms with Gasteiger partial charge < -0.3 is 4.42 Å². The number of hydrogen-bond donors (Lipinski definition) is 0. The monoisotopic (exact) mass is 590 g/mol. The van der Waals surface area contributed by atoms with Gasteiger partial charge in [0.15, 0.2) is 3.77 Å². The van der Waals surface area contributed by atoms with Crippen LogP contribution in [0, 0.1) is 3.77 Å². The Balaban J connectivity index is 1.81. The third-order valence-electron chi connectivity index (χ3n) is 5.81. The summed E-state index contributed by atoms with van der Waals surface area (Å²) in [5.41, 5.74) is -0.904. The molecule has 2 heteroatoms. The van der Waals surface area contributed by atoms with Gasteiger partial charge in [-0.25, -0.2) is 0 Å². The first kappa shape index (κ1) is 9.87. The highest BCUT2D eigenvalue weighted by atomic mass is 127. The van der Waals surface area contributed by atoms with E-state index in [1.165, 1.54) is 18.2 Å². The van der Waals surface area contributed by atoms with E-state index in [0.29, 0.717) is 0 Å². The molecule has 7 rings (SSSR count). The van der Waals surface area contributed by atoms with Crippen molar-refractivity contribution in [2.75, 3.05) is 0 Å². The Hall–Kier alpha value is -3.89. The molecule has 0 radical (unpaired) electrons. The van der Waals surface area contributed by atoms with Crippen molar-refractivity contribution in [2.24, 2.45) is 0 Å². The lowest BCUT2D eigenvalue weighted by atomic mass is 9.86. The summed E-state index contributed by atoms with van der Waals surface area (Å²) in [6.07, 6.45) is 0. The average Bonchev–Trinajstić information content (AvgIpc) is 3.48. The lowest BCUT2D eigenvalue weighted by Crippen LogP contribution is -1.91. The van der Waals surface area contributed by atoms with Crippen molar-refractivity contribution in [3.05, 3.63) is 131 Å². The Bertz CT molecular complexity index is 2740. The summed E-state index contributed by atoms with van der Waals surface area (Å²) in [5, 5.41) is -1.22. The fourth-order valence-electron chi connectivity index (χ4n) is 4.35. The molecule has 0 aliphatic heterocycles. The highest BCUT2D eigenvalue weighted by molar-refractivity contribution is 14.1.